The molecule has 94 valence electrons. The summed E-state index contributed by atoms with van der Waals surface area (Å²) in [6.45, 7) is 2.02. The van der Waals surface area contributed by atoms with E-state index in [1.165, 1.54) is 14.2 Å². The fourth-order valence-electron chi connectivity index (χ4n) is 1.40. The van der Waals surface area contributed by atoms with E-state index in [9.17, 15) is 4.79 Å². The zero-order chi connectivity index (χ0) is 12.7. The van der Waals surface area contributed by atoms with Crippen molar-refractivity contribution >= 4 is 5.97 Å². The zero-order valence-electron chi connectivity index (χ0n) is 10.5. The molecule has 1 aromatic rings. The summed E-state index contributed by atoms with van der Waals surface area (Å²) >= 11 is 0. The molecule has 0 aromatic heterocycles. The summed E-state index contributed by atoms with van der Waals surface area (Å²) in [6.07, 6.45) is 2.17. The molecule has 0 aliphatic carbocycles. The van der Waals surface area contributed by atoms with Crippen LogP contribution < -0.4 is 14.2 Å². The topological polar surface area (TPSA) is 44.8 Å². The molecule has 0 atom stereocenters. The summed E-state index contributed by atoms with van der Waals surface area (Å²) < 4.78 is 15.5. The second kappa shape index (κ2) is 6.78. The molecule has 17 heavy (non-hydrogen) atoms. The summed E-state index contributed by atoms with van der Waals surface area (Å²) in [4.78, 5) is 11.6. The van der Waals surface area contributed by atoms with Gasteiger partial charge in [0, 0.05) is 6.42 Å². The maximum absolute atomic E-state index is 11.6. The lowest BCUT2D eigenvalue weighted by molar-refractivity contribution is -0.134. The van der Waals surface area contributed by atoms with Crippen LogP contribution in [0.3, 0.4) is 0 Å². The van der Waals surface area contributed by atoms with Crippen LogP contribution in [-0.4, -0.2) is 20.2 Å². The lowest BCUT2D eigenvalue weighted by Crippen LogP contribution is -2.09. The third kappa shape index (κ3) is 3.66. The van der Waals surface area contributed by atoms with Crippen molar-refractivity contribution in [1.82, 2.24) is 0 Å². The van der Waals surface area contributed by atoms with Crippen LogP contribution in [0.5, 0.6) is 17.2 Å². The van der Waals surface area contributed by atoms with Gasteiger partial charge in [-0.3, -0.25) is 4.79 Å². The second-order valence-electron chi connectivity index (χ2n) is 3.57. The summed E-state index contributed by atoms with van der Waals surface area (Å²) in [7, 11) is 3.05. The first-order valence-electron chi connectivity index (χ1n) is 5.64. The minimum absolute atomic E-state index is 0.269. The third-order valence-electron chi connectivity index (χ3n) is 2.33. The van der Waals surface area contributed by atoms with Gasteiger partial charge in [0.1, 0.15) is 0 Å². The minimum Gasteiger partial charge on any atom is -0.493 e. The van der Waals surface area contributed by atoms with E-state index < -0.39 is 0 Å². The van der Waals surface area contributed by atoms with E-state index in [2.05, 4.69) is 0 Å². The molecule has 0 fully saturated rings. The Bertz CT molecular complexity index is 351. The van der Waals surface area contributed by atoms with E-state index in [0.29, 0.717) is 23.7 Å². The first kappa shape index (κ1) is 13.4. The molecule has 1 aromatic carbocycles. The molecule has 0 bridgehead atoms. The number of esters is 1. The van der Waals surface area contributed by atoms with Crippen LogP contribution in [0.15, 0.2) is 18.2 Å². The lowest BCUT2D eigenvalue weighted by Gasteiger charge is -2.12. The molecule has 0 radical (unpaired) electrons. The molecule has 0 spiro atoms. The van der Waals surface area contributed by atoms with Gasteiger partial charge in [-0.25, -0.2) is 0 Å². The van der Waals surface area contributed by atoms with Crippen LogP contribution in [-0.2, 0) is 4.79 Å². The number of carbonyl (C=O) groups excluding carboxylic acids is 1. The van der Waals surface area contributed by atoms with Gasteiger partial charge >= 0.3 is 5.97 Å². The first-order valence-corrected chi connectivity index (χ1v) is 5.64. The van der Waals surface area contributed by atoms with Gasteiger partial charge in [-0.1, -0.05) is 19.4 Å². The van der Waals surface area contributed by atoms with Gasteiger partial charge in [-0.15, -0.1) is 0 Å². The summed E-state index contributed by atoms with van der Waals surface area (Å²) in [5.74, 6) is 1.07. The molecule has 0 saturated heterocycles. The van der Waals surface area contributed by atoms with E-state index in [4.69, 9.17) is 14.2 Å². The molecule has 4 heteroatoms. The monoisotopic (exact) mass is 238 g/mol. The third-order valence-corrected chi connectivity index (χ3v) is 2.33. The predicted octanol–water partition coefficient (Wildman–Crippen LogP) is 2.80. The van der Waals surface area contributed by atoms with Crippen molar-refractivity contribution in [2.24, 2.45) is 0 Å². The Morgan fingerprint density at radius 2 is 1.76 bits per heavy atom. The van der Waals surface area contributed by atoms with Gasteiger partial charge in [-0.05, 0) is 18.6 Å². The Labute approximate surface area is 101 Å². The van der Waals surface area contributed by atoms with Crippen molar-refractivity contribution < 1.29 is 19.0 Å². The molecule has 0 aliphatic heterocycles. The normalized spacial score (nSPS) is 9.82. The van der Waals surface area contributed by atoms with Crippen molar-refractivity contribution in [2.45, 2.75) is 26.2 Å². The number of benzene rings is 1. The Morgan fingerprint density at radius 1 is 1.18 bits per heavy atom. The highest BCUT2D eigenvalue weighted by Gasteiger charge is 2.14. The number of rotatable bonds is 6. The molecule has 0 saturated carbocycles. The van der Waals surface area contributed by atoms with Gasteiger partial charge in [0.2, 0.25) is 5.75 Å². The molecule has 0 aliphatic rings. The maximum atomic E-state index is 11.6. The van der Waals surface area contributed by atoms with Crippen LogP contribution in [0.2, 0.25) is 0 Å². The second-order valence-corrected chi connectivity index (χ2v) is 3.57. The highest BCUT2D eigenvalue weighted by molar-refractivity contribution is 5.74. The van der Waals surface area contributed by atoms with E-state index in [1.54, 1.807) is 18.2 Å². The minimum atomic E-state index is -0.269. The SMILES string of the molecule is CCCCC(=O)Oc1c(OC)cccc1OC. The summed E-state index contributed by atoms with van der Waals surface area (Å²) in [5, 5.41) is 0. The van der Waals surface area contributed by atoms with E-state index in [0.717, 1.165) is 12.8 Å². The molecule has 1 rings (SSSR count). The molecule has 0 N–H and O–H groups in total. The number of ether oxygens (including phenoxy) is 3. The fourth-order valence-corrected chi connectivity index (χ4v) is 1.40. The van der Waals surface area contributed by atoms with Crippen LogP contribution in [0, 0.1) is 0 Å². The number of hydrogen-bond donors (Lipinski definition) is 0. The zero-order valence-corrected chi connectivity index (χ0v) is 10.5. The van der Waals surface area contributed by atoms with Crippen LogP contribution in [0.1, 0.15) is 26.2 Å². The van der Waals surface area contributed by atoms with Crippen LogP contribution >= 0.6 is 0 Å². The largest absolute Gasteiger partial charge is 0.493 e. The van der Waals surface area contributed by atoms with Crippen molar-refractivity contribution in [3.63, 3.8) is 0 Å². The Morgan fingerprint density at radius 3 is 2.24 bits per heavy atom. The molecule has 0 unspecified atom stereocenters. The lowest BCUT2D eigenvalue weighted by atomic mass is 10.2. The molecule has 4 nitrogen and oxygen atoms in total. The highest BCUT2D eigenvalue weighted by Crippen LogP contribution is 2.36. The maximum Gasteiger partial charge on any atom is 0.311 e. The van der Waals surface area contributed by atoms with E-state index in [-0.39, 0.29) is 5.97 Å². The van der Waals surface area contributed by atoms with Gasteiger partial charge in [0.25, 0.3) is 0 Å². The van der Waals surface area contributed by atoms with Gasteiger partial charge in [0.15, 0.2) is 11.5 Å². The number of para-hydroxylation sites is 1. The molecular formula is C13H18O4. The molecular weight excluding hydrogens is 220 g/mol. The average molecular weight is 238 g/mol. The van der Waals surface area contributed by atoms with Crippen molar-refractivity contribution in [3.05, 3.63) is 18.2 Å². The van der Waals surface area contributed by atoms with E-state index in [1.807, 2.05) is 6.92 Å². The van der Waals surface area contributed by atoms with E-state index >= 15 is 0 Å². The van der Waals surface area contributed by atoms with Crippen molar-refractivity contribution in [3.8, 4) is 17.2 Å². The first-order chi connectivity index (χ1) is 8.22. The predicted molar refractivity (Wildman–Crippen MR) is 64.7 cm³/mol. The number of unbranched alkanes of at least 4 members (excludes halogenated alkanes) is 1. The van der Waals surface area contributed by atoms with Crippen LogP contribution in [0.25, 0.3) is 0 Å². The Kier molecular flexibility index (Phi) is 5.33. The smallest absolute Gasteiger partial charge is 0.311 e. The van der Waals surface area contributed by atoms with Gasteiger partial charge < -0.3 is 14.2 Å². The molecule has 0 amide bonds. The Balaban J connectivity index is 2.83. The Hall–Kier alpha value is -1.71. The summed E-state index contributed by atoms with van der Waals surface area (Å²) in [5.41, 5.74) is 0. The van der Waals surface area contributed by atoms with Crippen molar-refractivity contribution in [2.75, 3.05) is 14.2 Å². The number of methoxy groups -OCH3 is 2. The highest BCUT2D eigenvalue weighted by atomic mass is 16.6. The van der Waals surface area contributed by atoms with Gasteiger partial charge in [-0.2, -0.15) is 0 Å². The fraction of sp³-hybridized carbons (Fsp3) is 0.462. The number of hydrogen-bond acceptors (Lipinski definition) is 4. The van der Waals surface area contributed by atoms with Gasteiger partial charge in [0.05, 0.1) is 14.2 Å². The standard InChI is InChI=1S/C13H18O4/c1-4-5-9-12(14)17-13-10(15-2)7-6-8-11(13)16-3/h6-8H,4-5,9H2,1-3H3. The van der Waals surface area contributed by atoms with Crippen LogP contribution in [0.4, 0.5) is 0 Å². The van der Waals surface area contributed by atoms with Crippen molar-refractivity contribution in [1.29, 1.82) is 0 Å². The summed E-state index contributed by atoms with van der Waals surface area (Å²) in [6, 6.07) is 5.23. The molecule has 0 heterocycles. The average Bonchev–Trinajstić information content (AvgIpc) is 2.36. The number of carbonyl (C=O) groups is 1. The quantitative estimate of drug-likeness (QED) is 0.564.